The number of rotatable bonds is 8. The first-order valence-electron chi connectivity index (χ1n) is 7.86. The van der Waals surface area contributed by atoms with Gasteiger partial charge in [0.2, 0.25) is 0 Å². The van der Waals surface area contributed by atoms with Gasteiger partial charge in [0.15, 0.2) is 4.99 Å². The molecule has 0 saturated heterocycles. The van der Waals surface area contributed by atoms with Gasteiger partial charge in [-0.3, -0.25) is 14.9 Å². The Morgan fingerprint density at radius 3 is 2.62 bits per heavy atom. The zero-order valence-corrected chi connectivity index (χ0v) is 14.5. The summed E-state index contributed by atoms with van der Waals surface area (Å²) in [6.07, 6.45) is -0.203. The molecule has 3 rings (SSSR count). The molecule has 9 heteroatoms. The Bertz CT molecular complexity index is 817. The van der Waals surface area contributed by atoms with Crippen molar-refractivity contribution < 1.29 is 19.6 Å². The van der Waals surface area contributed by atoms with E-state index in [1.807, 2.05) is 30.3 Å². The van der Waals surface area contributed by atoms with Crippen molar-refractivity contribution in [2.45, 2.75) is 11.4 Å². The molecule has 3 N–H and O–H groups in total. The van der Waals surface area contributed by atoms with Crippen LogP contribution >= 0.6 is 11.8 Å². The molecule has 8 nitrogen and oxygen atoms in total. The lowest BCUT2D eigenvalue weighted by Crippen LogP contribution is -2.41. The average Bonchev–Trinajstić information content (AvgIpc) is 2.96. The first-order valence-corrected chi connectivity index (χ1v) is 8.84. The zero-order chi connectivity index (χ0) is 18.6. The number of carbonyl (C=O) groups is 1. The van der Waals surface area contributed by atoms with Crippen LogP contribution in [0.2, 0.25) is 0 Å². The van der Waals surface area contributed by atoms with Gasteiger partial charge in [-0.15, -0.1) is 11.8 Å². The Labute approximate surface area is 153 Å². The fourth-order valence-electron chi connectivity index (χ4n) is 2.64. The number of para-hydroxylation sites is 1. The number of thioether (sulfide) groups is 1. The molecule has 1 aliphatic rings. The summed E-state index contributed by atoms with van der Waals surface area (Å²) in [4.78, 5) is 20.8. The van der Waals surface area contributed by atoms with Gasteiger partial charge in [0.25, 0.3) is 5.69 Å². The Hall–Kier alpha value is -2.94. The third kappa shape index (κ3) is 4.17. The number of ether oxygens (including phenoxy) is 1. The minimum Gasteiger partial charge on any atom is -0.493 e. The van der Waals surface area contributed by atoms with Crippen LogP contribution in [-0.2, 0) is 4.79 Å². The zero-order valence-electron chi connectivity index (χ0n) is 13.7. The number of nitrogens with zero attached hydrogens (tertiary/aromatic N) is 1. The smallest absolute Gasteiger partial charge is 0.308 e. The molecule has 136 valence electrons. The van der Waals surface area contributed by atoms with Crippen LogP contribution in [0.3, 0.4) is 0 Å². The molecule has 2 aromatic rings. The number of nitro benzene ring substituents is 1. The van der Waals surface area contributed by atoms with Crippen LogP contribution in [0.1, 0.15) is 6.42 Å². The molecule has 1 heterocycles. The third-order valence-corrected chi connectivity index (χ3v) is 4.94. The molecule has 0 fully saturated rings. The standard InChI is InChI=1S/C17H17N3O5S/c21-16(22)11-17(26-9-8-25-13-4-2-1-3-5-13)18-14-7-6-12(20(23)24)10-15(14)19-17/h1-7,10,18-19H,8-9,11H2,(H,21,22). The summed E-state index contributed by atoms with van der Waals surface area (Å²) in [5.41, 5.74) is 1.09. The molecule has 0 radical (unpaired) electrons. The molecule has 0 aliphatic carbocycles. The maximum Gasteiger partial charge on any atom is 0.308 e. The third-order valence-electron chi connectivity index (χ3n) is 3.73. The van der Waals surface area contributed by atoms with Gasteiger partial charge < -0.3 is 20.5 Å². The van der Waals surface area contributed by atoms with E-state index in [2.05, 4.69) is 10.6 Å². The second kappa shape index (κ2) is 7.52. The van der Waals surface area contributed by atoms with E-state index in [0.29, 0.717) is 23.7 Å². The van der Waals surface area contributed by atoms with Crippen LogP contribution in [0.25, 0.3) is 0 Å². The van der Waals surface area contributed by atoms with Crippen LogP contribution in [-0.4, -0.2) is 33.4 Å². The number of fused-ring (bicyclic) bond motifs is 1. The van der Waals surface area contributed by atoms with Crippen molar-refractivity contribution in [3.8, 4) is 5.75 Å². The van der Waals surface area contributed by atoms with Crippen molar-refractivity contribution in [3.05, 3.63) is 58.6 Å². The van der Waals surface area contributed by atoms with E-state index in [1.165, 1.54) is 23.9 Å². The van der Waals surface area contributed by atoms with Crippen LogP contribution in [0.15, 0.2) is 48.5 Å². The summed E-state index contributed by atoms with van der Waals surface area (Å²) in [6, 6.07) is 13.7. The van der Waals surface area contributed by atoms with Crippen LogP contribution in [0, 0.1) is 10.1 Å². The van der Waals surface area contributed by atoms with Gasteiger partial charge in [-0.25, -0.2) is 0 Å². The topological polar surface area (TPSA) is 114 Å². The predicted octanol–water partition coefficient (Wildman–Crippen LogP) is 3.37. The van der Waals surface area contributed by atoms with Crippen molar-refractivity contribution in [3.63, 3.8) is 0 Å². The van der Waals surface area contributed by atoms with Crippen LogP contribution < -0.4 is 15.4 Å². The maximum atomic E-state index is 11.3. The highest BCUT2D eigenvalue weighted by atomic mass is 32.2. The number of carboxylic acid groups (broad SMARTS) is 1. The van der Waals surface area contributed by atoms with Crippen LogP contribution in [0.5, 0.6) is 5.75 Å². The Balaban J connectivity index is 1.66. The minimum atomic E-state index is -0.983. The number of benzene rings is 2. The number of hydrogen-bond donors (Lipinski definition) is 3. The Morgan fingerprint density at radius 2 is 1.92 bits per heavy atom. The van der Waals surface area contributed by atoms with E-state index in [4.69, 9.17) is 4.74 Å². The summed E-state index contributed by atoms with van der Waals surface area (Å²) in [7, 11) is 0. The molecule has 1 atom stereocenters. The van der Waals surface area contributed by atoms with Gasteiger partial charge in [-0.2, -0.15) is 0 Å². The van der Waals surface area contributed by atoms with Crippen molar-refractivity contribution in [2.24, 2.45) is 0 Å². The van der Waals surface area contributed by atoms with E-state index < -0.39 is 15.9 Å². The lowest BCUT2D eigenvalue weighted by atomic mass is 10.2. The fourth-order valence-corrected chi connectivity index (χ4v) is 3.75. The molecule has 0 amide bonds. The van der Waals surface area contributed by atoms with E-state index in [1.54, 1.807) is 6.07 Å². The number of aliphatic carboxylic acids is 1. The number of carboxylic acids is 1. The molecule has 2 aromatic carbocycles. The highest BCUT2D eigenvalue weighted by Crippen LogP contribution is 2.43. The van der Waals surface area contributed by atoms with Crippen molar-refractivity contribution in [2.75, 3.05) is 23.0 Å². The fraction of sp³-hybridized carbons (Fsp3) is 0.235. The minimum absolute atomic E-state index is 0.0541. The SMILES string of the molecule is O=C(O)CC1(SCCOc2ccccc2)Nc2ccc([N+](=O)[O-])cc2N1. The van der Waals surface area contributed by atoms with Crippen molar-refractivity contribution in [1.29, 1.82) is 0 Å². The first kappa shape index (κ1) is 17.9. The molecule has 1 unspecified atom stereocenters. The van der Waals surface area contributed by atoms with E-state index in [0.717, 1.165) is 5.75 Å². The Kier molecular flexibility index (Phi) is 5.17. The van der Waals surface area contributed by atoms with Gasteiger partial charge in [0, 0.05) is 17.9 Å². The summed E-state index contributed by atoms with van der Waals surface area (Å²) >= 11 is 1.35. The van der Waals surface area contributed by atoms with Gasteiger partial charge in [0.1, 0.15) is 5.75 Å². The van der Waals surface area contributed by atoms with E-state index >= 15 is 0 Å². The second-order valence-corrected chi connectivity index (χ2v) is 7.04. The molecular weight excluding hydrogens is 358 g/mol. The molecule has 0 saturated carbocycles. The summed E-state index contributed by atoms with van der Waals surface area (Å²) in [5, 5.41) is 26.4. The van der Waals surface area contributed by atoms with E-state index in [9.17, 15) is 20.0 Å². The average molecular weight is 375 g/mol. The number of nitrogens with one attached hydrogen (secondary N) is 2. The molecule has 1 aliphatic heterocycles. The predicted molar refractivity (Wildman–Crippen MR) is 99.7 cm³/mol. The lowest BCUT2D eigenvalue weighted by Gasteiger charge is -2.28. The maximum absolute atomic E-state index is 11.3. The molecular formula is C17H17N3O5S. The second-order valence-electron chi connectivity index (χ2n) is 5.64. The molecule has 26 heavy (non-hydrogen) atoms. The molecule has 0 bridgehead atoms. The van der Waals surface area contributed by atoms with Crippen molar-refractivity contribution in [1.82, 2.24) is 0 Å². The molecule has 0 spiro atoms. The number of anilines is 2. The lowest BCUT2D eigenvalue weighted by molar-refractivity contribution is -0.384. The van der Waals surface area contributed by atoms with Crippen molar-refractivity contribution >= 4 is 34.8 Å². The summed E-state index contributed by atoms with van der Waals surface area (Å²) in [5.74, 6) is 0.286. The van der Waals surface area contributed by atoms with Gasteiger partial charge in [0.05, 0.1) is 29.3 Å². The Morgan fingerprint density at radius 1 is 1.19 bits per heavy atom. The van der Waals surface area contributed by atoms with E-state index in [-0.39, 0.29) is 12.1 Å². The van der Waals surface area contributed by atoms with Crippen LogP contribution in [0.4, 0.5) is 17.1 Å². The largest absolute Gasteiger partial charge is 0.493 e. The number of hydrogen-bond acceptors (Lipinski definition) is 7. The summed E-state index contributed by atoms with van der Waals surface area (Å²) < 4.78 is 5.63. The van der Waals surface area contributed by atoms with Gasteiger partial charge in [-0.05, 0) is 18.2 Å². The quantitative estimate of drug-likeness (QED) is 0.366. The summed E-state index contributed by atoms with van der Waals surface area (Å²) in [6.45, 7) is 0.399. The van der Waals surface area contributed by atoms with Gasteiger partial charge in [-0.1, -0.05) is 18.2 Å². The van der Waals surface area contributed by atoms with Gasteiger partial charge >= 0.3 is 5.97 Å². The number of non-ortho nitro benzene ring substituents is 1. The highest BCUT2D eigenvalue weighted by molar-refractivity contribution is 8.00. The molecule has 0 aromatic heterocycles. The monoisotopic (exact) mass is 375 g/mol. The normalized spacial score (nSPS) is 17.7. The first-order chi connectivity index (χ1) is 12.5. The number of nitro groups is 1. The highest BCUT2D eigenvalue weighted by Gasteiger charge is 2.39.